The van der Waals surface area contributed by atoms with Gasteiger partial charge in [0.25, 0.3) is 0 Å². The number of carbonyl (C=O) groups excluding carboxylic acids is 2. The van der Waals surface area contributed by atoms with Crippen LogP contribution in [0.2, 0.25) is 0 Å². The minimum absolute atomic E-state index is 0.0355. The summed E-state index contributed by atoms with van der Waals surface area (Å²) in [6.45, 7) is 4.87. The van der Waals surface area contributed by atoms with E-state index in [4.69, 9.17) is 9.84 Å². The van der Waals surface area contributed by atoms with E-state index in [1.807, 2.05) is 13.8 Å². The number of nitrogens with zero attached hydrogens (tertiary/aromatic N) is 1. The van der Waals surface area contributed by atoms with E-state index < -0.39 is 12.1 Å². The molecule has 0 saturated carbocycles. The SMILES string of the molecule is CCC(C)C(=O)N1CCCC(C(=O)NCC(OC)C(=O)O)C1. The highest BCUT2D eigenvalue weighted by atomic mass is 16.5. The zero-order valence-corrected chi connectivity index (χ0v) is 13.5. The van der Waals surface area contributed by atoms with Gasteiger partial charge in [-0.2, -0.15) is 0 Å². The number of aliphatic carboxylic acids is 1. The van der Waals surface area contributed by atoms with Crippen molar-refractivity contribution < 1.29 is 24.2 Å². The van der Waals surface area contributed by atoms with E-state index in [1.165, 1.54) is 7.11 Å². The van der Waals surface area contributed by atoms with Crippen LogP contribution in [-0.2, 0) is 19.1 Å². The standard InChI is InChI=1S/C15H26N2O5/c1-4-10(2)14(19)17-7-5-6-11(9-17)13(18)16-8-12(22-3)15(20)21/h10-12H,4-9H2,1-3H3,(H,16,18)(H,20,21). The van der Waals surface area contributed by atoms with Crippen LogP contribution < -0.4 is 5.32 Å². The molecule has 1 heterocycles. The van der Waals surface area contributed by atoms with Gasteiger partial charge in [-0.3, -0.25) is 9.59 Å². The Hall–Kier alpha value is -1.63. The summed E-state index contributed by atoms with van der Waals surface area (Å²) in [5.41, 5.74) is 0. The number of methoxy groups -OCH3 is 1. The van der Waals surface area contributed by atoms with Gasteiger partial charge in [0.2, 0.25) is 11.8 Å². The Bertz CT molecular complexity index is 413. The minimum Gasteiger partial charge on any atom is -0.479 e. The number of nitrogens with one attached hydrogen (secondary N) is 1. The van der Waals surface area contributed by atoms with Gasteiger partial charge in [0.1, 0.15) is 0 Å². The van der Waals surface area contributed by atoms with Crippen LogP contribution in [0.4, 0.5) is 0 Å². The van der Waals surface area contributed by atoms with Crippen molar-refractivity contribution in [1.82, 2.24) is 10.2 Å². The lowest BCUT2D eigenvalue weighted by atomic mass is 9.95. The molecule has 0 aliphatic carbocycles. The number of carboxylic acids is 1. The maximum atomic E-state index is 12.2. The number of hydrogen-bond acceptors (Lipinski definition) is 4. The molecule has 1 saturated heterocycles. The molecule has 0 spiro atoms. The number of ether oxygens (including phenoxy) is 1. The molecule has 2 amide bonds. The van der Waals surface area contributed by atoms with E-state index in [0.29, 0.717) is 19.5 Å². The minimum atomic E-state index is -1.11. The second kappa shape index (κ2) is 8.73. The molecule has 7 heteroatoms. The summed E-state index contributed by atoms with van der Waals surface area (Å²) in [4.78, 5) is 36.9. The van der Waals surface area contributed by atoms with Gasteiger partial charge in [-0.15, -0.1) is 0 Å². The lowest BCUT2D eigenvalue weighted by Gasteiger charge is -2.33. The quantitative estimate of drug-likeness (QED) is 0.713. The summed E-state index contributed by atoms with van der Waals surface area (Å²) in [5, 5.41) is 11.5. The zero-order chi connectivity index (χ0) is 16.7. The molecule has 7 nitrogen and oxygen atoms in total. The Morgan fingerprint density at radius 1 is 1.41 bits per heavy atom. The molecule has 1 aliphatic rings. The van der Waals surface area contributed by atoms with Crippen LogP contribution >= 0.6 is 0 Å². The number of carboxylic acid groups (broad SMARTS) is 1. The third-order valence-corrected chi connectivity index (χ3v) is 4.16. The third kappa shape index (κ3) is 4.98. The summed E-state index contributed by atoms with van der Waals surface area (Å²) >= 11 is 0. The van der Waals surface area contributed by atoms with Crippen molar-refractivity contribution in [3.63, 3.8) is 0 Å². The first kappa shape index (κ1) is 18.4. The largest absolute Gasteiger partial charge is 0.479 e. The molecule has 0 radical (unpaired) electrons. The number of piperidine rings is 1. The highest BCUT2D eigenvalue weighted by Gasteiger charge is 2.30. The molecule has 3 unspecified atom stereocenters. The summed E-state index contributed by atoms with van der Waals surface area (Å²) in [6.07, 6.45) is 1.22. The second-order valence-corrected chi connectivity index (χ2v) is 5.74. The summed E-state index contributed by atoms with van der Waals surface area (Å²) < 4.78 is 4.78. The van der Waals surface area contributed by atoms with Gasteiger partial charge in [-0.1, -0.05) is 13.8 Å². The fourth-order valence-corrected chi connectivity index (χ4v) is 2.49. The van der Waals surface area contributed by atoms with Crippen LogP contribution in [0.25, 0.3) is 0 Å². The van der Waals surface area contributed by atoms with E-state index in [0.717, 1.165) is 12.8 Å². The first-order valence-corrected chi connectivity index (χ1v) is 7.72. The van der Waals surface area contributed by atoms with Gasteiger partial charge in [0.05, 0.1) is 12.5 Å². The van der Waals surface area contributed by atoms with Crippen molar-refractivity contribution in [2.24, 2.45) is 11.8 Å². The van der Waals surface area contributed by atoms with Gasteiger partial charge in [-0.05, 0) is 19.3 Å². The van der Waals surface area contributed by atoms with E-state index in [9.17, 15) is 14.4 Å². The molecule has 22 heavy (non-hydrogen) atoms. The van der Waals surface area contributed by atoms with Gasteiger partial charge in [0.15, 0.2) is 6.10 Å². The van der Waals surface area contributed by atoms with Crippen molar-refractivity contribution in [2.45, 2.75) is 39.2 Å². The molecular formula is C15H26N2O5. The highest BCUT2D eigenvalue weighted by Crippen LogP contribution is 2.19. The Kier molecular flexibility index (Phi) is 7.31. The molecule has 1 aliphatic heterocycles. The van der Waals surface area contributed by atoms with Crippen LogP contribution in [0.5, 0.6) is 0 Å². The first-order chi connectivity index (χ1) is 10.4. The third-order valence-electron chi connectivity index (χ3n) is 4.16. The lowest BCUT2D eigenvalue weighted by Crippen LogP contribution is -2.48. The van der Waals surface area contributed by atoms with Crippen molar-refractivity contribution in [3.8, 4) is 0 Å². The van der Waals surface area contributed by atoms with E-state index >= 15 is 0 Å². The topological polar surface area (TPSA) is 95.9 Å². The maximum absolute atomic E-state index is 12.2. The monoisotopic (exact) mass is 314 g/mol. The number of hydrogen-bond donors (Lipinski definition) is 2. The molecular weight excluding hydrogens is 288 g/mol. The fourth-order valence-electron chi connectivity index (χ4n) is 2.49. The molecule has 126 valence electrons. The number of carbonyl (C=O) groups is 3. The average Bonchev–Trinajstić information content (AvgIpc) is 2.53. The van der Waals surface area contributed by atoms with Gasteiger partial charge in [0, 0.05) is 26.1 Å². The van der Waals surface area contributed by atoms with E-state index in [1.54, 1.807) is 4.90 Å². The Morgan fingerprint density at radius 2 is 2.09 bits per heavy atom. The molecule has 0 aromatic heterocycles. The predicted molar refractivity (Wildman–Crippen MR) is 80.2 cm³/mol. The Morgan fingerprint density at radius 3 is 2.64 bits per heavy atom. The zero-order valence-electron chi connectivity index (χ0n) is 13.5. The smallest absolute Gasteiger partial charge is 0.334 e. The Labute approximate surface area is 131 Å². The second-order valence-electron chi connectivity index (χ2n) is 5.74. The molecule has 1 fully saturated rings. The van der Waals surface area contributed by atoms with Crippen LogP contribution in [0, 0.1) is 11.8 Å². The molecule has 0 aromatic carbocycles. The number of amides is 2. The van der Waals surface area contributed by atoms with Crippen LogP contribution in [0.15, 0.2) is 0 Å². The average molecular weight is 314 g/mol. The summed E-state index contributed by atoms with van der Waals surface area (Å²) in [5.74, 6) is -1.56. The molecule has 2 N–H and O–H groups in total. The van der Waals surface area contributed by atoms with Crippen molar-refractivity contribution >= 4 is 17.8 Å². The number of rotatable bonds is 7. The fraction of sp³-hybridized carbons (Fsp3) is 0.800. The van der Waals surface area contributed by atoms with Crippen molar-refractivity contribution in [1.29, 1.82) is 0 Å². The van der Waals surface area contributed by atoms with Crippen LogP contribution in [-0.4, -0.2) is 60.6 Å². The highest BCUT2D eigenvalue weighted by molar-refractivity contribution is 5.82. The maximum Gasteiger partial charge on any atom is 0.334 e. The van der Waals surface area contributed by atoms with E-state index in [2.05, 4.69) is 5.32 Å². The summed E-state index contributed by atoms with van der Waals surface area (Å²) in [7, 11) is 1.29. The van der Waals surface area contributed by atoms with Gasteiger partial charge in [-0.25, -0.2) is 4.79 Å². The van der Waals surface area contributed by atoms with E-state index in [-0.39, 0.29) is 30.2 Å². The molecule has 3 atom stereocenters. The molecule has 1 rings (SSSR count). The number of likely N-dealkylation sites (tertiary alicyclic amines) is 1. The van der Waals surface area contributed by atoms with Gasteiger partial charge < -0.3 is 20.1 Å². The molecule has 0 bridgehead atoms. The Balaban J connectivity index is 2.52. The van der Waals surface area contributed by atoms with Crippen LogP contribution in [0.1, 0.15) is 33.1 Å². The van der Waals surface area contributed by atoms with Crippen LogP contribution in [0.3, 0.4) is 0 Å². The van der Waals surface area contributed by atoms with Gasteiger partial charge >= 0.3 is 5.97 Å². The first-order valence-electron chi connectivity index (χ1n) is 7.72. The normalized spacial score (nSPS) is 21.0. The van der Waals surface area contributed by atoms with Crippen molar-refractivity contribution in [3.05, 3.63) is 0 Å². The van der Waals surface area contributed by atoms with Crippen molar-refractivity contribution in [2.75, 3.05) is 26.7 Å². The predicted octanol–water partition coefficient (Wildman–Crippen LogP) is 0.487. The molecule has 0 aromatic rings. The lowest BCUT2D eigenvalue weighted by molar-refractivity contribution is -0.148. The summed E-state index contributed by atoms with van der Waals surface area (Å²) in [6, 6.07) is 0.